The summed E-state index contributed by atoms with van der Waals surface area (Å²) in [5.74, 6) is 0.942. The van der Waals surface area contributed by atoms with Gasteiger partial charge in [-0.1, -0.05) is 84.5 Å². The van der Waals surface area contributed by atoms with Crippen LogP contribution in [0.2, 0.25) is 0 Å². The lowest BCUT2D eigenvalue weighted by molar-refractivity contribution is 0.469. The molecule has 0 spiro atoms. The molecule has 0 aromatic rings. The quantitative estimate of drug-likeness (QED) is 0.436. The zero-order valence-electron chi connectivity index (χ0n) is 12.3. The molecular weight excluding hydrogens is 206 g/mol. The fourth-order valence-electron chi connectivity index (χ4n) is 2.26. The van der Waals surface area contributed by atoms with Crippen molar-refractivity contribution in [3.63, 3.8) is 0 Å². The molecule has 0 aliphatic heterocycles. The van der Waals surface area contributed by atoms with Crippen molar-refractivity contribution in [3.8, 4) is 0 Å². The van der Waals surface area contributed by atoms with E-state index < -0.39 is 0 Å². The second-order valence-electron chi connectivity index (χ2n) is 5.63. The van der Waals surface area contributed by atoms with E-state index in [-0.39, 0.29) is 0 Å². The highest BCUT2D eigenvalue weighted by atomic mass is 14.5. The van der Waals surface area contributed by atoms with Gasteiger partial charge < -0.3 is 5.73 Å². The highest BCUT2D eigenvalue weighted by molar-refractivity contribution is 4.52. The van der Waals surface area contributed by atoms with Crippen LogP contribution in [0.3, 0.4) is 0 Å². The van der Waals surface area contributed by atoms with Crippen molar-refractivity contribution in [1.82, 2.24) is 0 Å². The maximum Gasteiger partial charge on any atom is -0.00773 e. The fourth-order valence-corrected chi connectivity index (χ4v) is 2.26. The molecule has 0 bridgehead atoms. The Morgan fingerprint density at radius 2 is 1.12 bits per heavy atom. The fraction of sp³-hybridized carbons (Fsp3) is 1.00. The number of hydrogen-bond donors (Lipinski definition) is 1. The molecule has 17 heavy (non-hydrogen) atoms. The third kappa shape index (κ3) is 13.9. The maximum absolute atomic E-state index is 5.47. The Bertz CT molecular complexity index is 133. The van der Waals surface area contributed by atoms with E-state index in [1.54, 1.807) is 0 Å². The van der Waals surface area contributed by atoms with Crippen LogP contribution >= 0.6 is 0 Å². The van der Waals surface area contributed by atoms with E-state index in [4.69, 9.17) is 5.73 Å². The van der Waals surface area contributed by atoms with Crippen LogP contribution in [0.5, 0.6) is 0 Å². The van der Waals surface area contributed by atoms with Crippen molar-refractivity contribution in [1.29, 1.82) is 0 Å². The molecule has 0 rings (SSSR count). The lowest BCUT2D eigenvalue weighted by atomic mass is 9.99. The van der Waals surface area contributed by atoms with E-state index in [2.05, 4.69) is 13.8 Å². The second kappa shape index (κ2) is 14.0. The summed E-state index contributed by atoms with van der Waals surface area (Å²) < 4.78 is 0. The Morgan fingerprint density at radius 1 is 0.706 bits per heavy atom. The summed E-state index contributed by atoms with van der Waals surface area (Å²) in [6.07, 6.45) is 16.9. The van der Waals surface area contributed by atoms with Gasteiger partial charge in [0.2, 0.25) is 0 Å². The van der Waals surface area contributed by atoms with Gasteiger partial charge in [-0.3, -0.25) is 0 Å². The standard InChI is InChI=1S/C16H35N/c1-3-16(2)14-12-10-8-6-4-5-7-9-11-13-15-17/h16H,3-15,17H2,1-2H3. The van der Waals surface area contributed by atoms with E-state index in [9.17, 15) is 0 Å². The zero-order chi connectivity index (χ0) is 12.8. The lowest BCUT2D eigenvalue weighted by Gasteiger charge is -2.07. The van der Waals surface area contributed by atoms with Gasteiger partial charge in [0.25, 0.3) is 0 Å². The normalized spacial score (nSPS) is 12.9. The summed E-state index contributed by atoms with van der Waals surface area (Å²) in [6.45, 7) is 5.55. The molecule has 1 atom stereocenters. The van der Waals surface area contributed by atoms with Crippen molar-refractivity contribution >= 4 is 0 Å². The van der Waals surface area contributed by atoms with Gasteiger partial charge in [0.1, 0.15) is 0 Å². The molecule has 0 heterocycles. The van der Waals surface area contributed by atoms with Gasteiger partial charge >= 0.3 is 0 Å². The molecule has 0 aromatic carbocycles. The predicted molar refractivity (Wildman–Crippen MR) is 79.3 cm³/mol. The topological polar surface area (TPSA) is 26.0 Å². The number of rotatable bonds is 13. The van der Waals surface area contributed by atoms with E-state index >= 15 is 0 Å². The first kappa shape index (κ1) is 17.0. The zero-order valence-corrected chi connectivity index (χ0v) is 12.3. The largest absolute Gasteiger partial charge is 0.330 e. The van der Waals surface area contributed by atoms with Crippen LogP contribution in [0.4, 0.5) is 0 Å². The second-order valence-corrected chi connectivity index (χ2v) is 5.63. The number of hydrogen-bond acceptors (Lipinski definition) is 1. The Balaban J connectivity index is 2.94. The van der Waals surface area contributed by atoms with Gasteiger partial charge in [-0.2, -0.15) is 0 Å². The van der Waals surface area contributed by atoms with Crippen LogP contribution in [0.15, 0.2) is 0 Å². The lowest BCUT2D eigenvalue weighted by Crippen LogP contribution is -1.97. The van der Waals surface area contributed by atoms with Gasteiger partial charge in [0.05, 0.1) is 0 Å². The van der Waals surface area contributed by atoms with E-state index in [0.717, 1.165) is 12.5 Å². The van der Waals surface area contributed by atoms with Crippen LogP contribution in [-0.2, 0) is 0 Å². The van der Waals surface area contributed by atoms with Gasteiger partial charge in [0, 0.05) is 0 Å². The molecule has 0 saturated heterocycles. The molecule has 2 N–H and O–H groups in total. The molecule has 1 unspecified atom stereocenters. The van der Waals surface area contributed by atoms with Gasteiger partial charge in [-0.25, -0.2) is 0 Å². The average molecular weight is 241 g/mol. The molecule has 0 aliphatic rings. The Hall–Kier alpha value is -0.0400. The minimum absolute atomic E-state index is 0.871. The molecule has 0 saturated carbocycles. The first-order valence-corrected chi connectivity index (χ1v) is 8.01. The van der Waals surface area contributed by atoms with Crippen molar-refractivity contribution in [3.05, 3.63) is 0 Å². The van der Waals surface area contributed by atoms with E-state index in [0.29, 0.717) is 0 Å². The molecule has 0 fully saturated rings. The molecule has 1 heteroatoms. The molecule has 0 aromatic heterocycles. The van der Waals surface area contributed by atoms with Gasteiger partial charge in [0.15, 0.2) is 0 Å². The SMILES string of the molecule is CCC(C)CCCCCCCCCCCCN. The monoisotopic (exact) mass is 241 g/mol. The first-order chi connectivity index (χ1) is 8.31. The van der Waals surface area contributed by atoms with Gasteiger partial charge in [-0.05, 0) is 18.9 Å². The smallest absolute Gasteiger partial charge is 0.00773 e. The van der Waals surface area contributed by atoms with Crippen molar-refractivity contribution in [2.75, 3.05) is 6.54 Å². The van der Waals surface area contributed by atoms with Crippen molar-refractivity contribution in [2.45, 2.75) is 90.9 Å². The van der Waals surface area contributed by atoms with Crippen LogP contribution in [-0.4, -0.2) is 6.54 Å². The predicted octanol–water partition coefficient (Wildman–Crippen LogP) is 5.28. The molecule has 1 nitrogen and oxygen atoms in total. The van der Waals surface area contributed by atoms with E-state index in [1.807, 2.05) is 0 Å². The minimum Gasteiger partial charge on any atom is -0.330 e. The summed E-state index contributed by atoms with van der Waals surface area (Å²) in [7, 11) is 0. The summed E-state index contributed by atoms with van der Waals surface area (Å²) in [6, 6.07) is 0. The number of unbranched alkanes of at least 4 members (excludes halogenated alkanes) is 9. The summed E-state index contributed by atoms with van der Waals surface area (Å²) >= 11 is 0. The van der Waals surface area contributed by atoms with Crippen LogP contribution < -0.4 is 5.73 Å². The van der Waals surface area contributed by atoms with Gasteiger partial charge in [-0.15, -0.1) is 0 Å². The Labute approximate surface area is 110 Å². The third-order valence-corrected chi connectivity index (χ3v) is 3.85. The molecule has 0 amide bonds. The average Bonchev–Trinajstić information content (AvgIpc) is 2.35. The first-order valence-electron chi connectivity index (χ1n) is 8.01. The van der Waals surface area contributed by atoms with Crippen molar-refractivity contribution in [2.24, 2.45) is 11.7 Å². The highest BCUT2D eigenvalue weighted by Crippen LogP contribution is 2.15. The van der Waals surface area contributed by atoms with Crippen LogP contribution in [0.1, 0.15) is 90.9 Å². The molecule has 104 valence electrons. The summed E-state index contributed by atoms with van der Waals surface area (Å²) in [4.78, 5) is 0. The van der Waals surface area contributed by atoms with E-state index in [1.165, 1.54) is 77.0 Å². The minimum atomic E-state index is 0.871. The Morgan fingerprint density at radius 3 is 1.53 bits per heavy atom. The molecule has 0 radical (unpaired) electrons. The summed E-state index contributed by atoms with van der Waals surface area (Å²) in [5, 5.41) is 0. The third-order valence-electron chi connectivity index (χ3n) is 3.85. The molecular formula is C16H35N. The molecule has 0 aliphatic carbocycles. The van der Waals surface area contributed by atoms with Crippen molar-refractivity contribution < 1.29 is 0 Å². The highest BCUT2D eigenvalue weighted by Gasteiger charge is 1.98. The Kier molecular flexibility index (Phi) is 14.0. The summed E-state index contributed by atoms with van der Waals surface area (Å²) in [5.41, 5.74) is 5.47. The van der Waals surface area contributed by atoms with Crippen LogP contribution in [0, 0.1) is 5.92 Å². The maximum atomic E-state index is 5.47. The van der Waals surface area contributed by atoms with Crippen LogP contribution in [0.25, 0.3) is 0 Å². The number of nitrogens with two attached hydrogens (primary N) is 1.